The zero-order chi connectivity index (χ0) is 8.69. The first-order chi connectivity index (χ1) is 5.22. The molecular weight excluding hydrogens is 134 g/mol. The van der Waals surface area contributed by atoms with E-state index in [1.54, 1.807) is 12.3 Å². The SMILES string of the molecule is C#CC=N/C=C(\C=C)C(C)C. The van der Waals surface area contributed by atoms with Gasteiger partial charge in [-0.1, -0.05) is 32.4 Å². The van der Waals surface area contributed by atoms with Crippen LogP contribution >= 0.6 is 0 Å². The van der Waals surface area contributed by atoms with Crippen LogP contribution in [0.3, 0.4) is 0 Å². The van der Waals surface area contributed by atoms with Gasteiger partial charge in [0.15, 0.2) is 0 Å². The Morgan fingerprint density at radius 1 is 1.64 bits per heavy atom. The summed E-state index contributed by atoms with van der Waals surface area (Å²) in [6, 6.07) is 0. The first-order valence-corrected chi connectivity index (χ1v) is 3.52. The monoisotopic (exact) mass is 147 g/mol. The molecule has 0 aliphatic heterocycles. The van der Waals surface area contributed by atoms with Crippen molar-refractivity contribution in [2.75, 3.05) is 0 Å². The lowest BCUT2D eigenvalue weighted by Crippen LogP contribution is -1.88. The average Bonchev–Trinajstić information content (AvgIpc) is 1.97. The van der Waals surface area contributed by atoms with Crippen molar-refractivity contribution < 1.29 is 0 Å². The number of nitrogens with zero attached hydrogens (tertiary/aromatic N) is 1. The van der Waals surface area contributed by atoms with Crippen molar-refractivity contribution in [1.29, 1.82) is 0 Å². The summed E-state index contributed by atoms with van der Waals surface area (Å²) in [6.45, 7) is 7.83. The molecule has 0 N–H and O–H groups in total. The van der Waals surface area contributed by atoms with Gasteiger partial charge >= 0.3 is 0 Å². The van der Waals surface area contributed by atoms with Gasteiger partial charge in [0.1, 0.15) is 0 Å². The third-order valence-corrected chi connectivity index (χ3v) is 1.28. The van der Waals surface area contributed by atoms with Crippen molar-refractivity contribution in [1.82, 2.24) is 0 Å². The van der Waals surface area contributed by atoms with E-state index in [1.807, 2.05) is 0 Å². The van der Waals surface area contributed by atoms with E-state index >= 15 is 0 Å². The molecule has 0 aliphatic rings. The summed E-state index contributed by atoms with van der Waals surface area (Å²) >= 11 is 0. The number of hydrogen-bond donors (Lipinski definition) is 0. The highest BCUT2D eigenvalue weighted by Gasteiger charge is 1.95. The van der Waals surface area contributed by atoms with Crippen molar-refractivity contribution in [2.24, 2.45) is 10.9 Å². The first kappa shape index (κ1) is 9.71. The number of rotatable bonds is 3. The number of aliphatic imine (C=N–C) groups is 1. The molecule has 0 heterocycles. The molecule has 0 fully saturated rings. The topological polar surface area (TPSA) is 12.4 Å². The summed E-state index contributed by atoms with van der Waals surface area (Å²) < 4.78 is 0. The van der Waals surface area contributed by atoms with Crippen LogP contribution in [-0.2, 0) is 0 Å². The molecular formula is C10H13N. The second-order valence-corrected chi connectivity index (χ2v) is 2.43. The molecule has 0 aromatic heterocycles. The molecule has 0 aliphatic carbocycles. The van der Waals surface area contributed by atoms with Crippen LogP contribution < -0.4 is 0 Å². The molecule has 0 atom stereocenters. The normalized spacial score (nSPS) is 12.0. The first-order valence-electron chi connectivity index (χ1n) is 3.52. The minimum atomic E-state index is 0.447. The van der Waals surface area contributed by atoms with Gasteiger partial charge in [0.25, 0.3) is 0 Å². The highest BCUT2D eigenvalue weighted by molar-refractivity contribution is 5.77. The zero-order valence-electron chi connectivity index (χ0n) is 7.04. The van der Waals surface area contributed by atoms with E-state index in [9.17, 15) is 0 Å². The predicted octanol–water partition coefficient (Wildman–Crippen LogP) is 2.42. The Labute approximate surface area is 68.5 Å². The Morgan fingerprint density at radius 2 is 2.27 bits per heavy atom. The summed E-state index contributed by atoms with van der Waals surface area (Å²) in [5.74, 6) is 2.76. The summed E-state index contributed by atoms with van der Waals surface area (Å²) in [7, 11) is 0. The van der Waals surface area contributed by atoms with Gasteiger partial charge < -0.3 is 0 Å². The highest BCUT2D eigenvalue weighted by Crippen LogP contribution is 2.09. The molecule has 1 nitrogen and oxygen atoms in total. The fraction of sp³-hybridized carbons (Fsp3) is 0.300. The van der Waals surface area contributed by atoms with Crippen molar-refractivity contribution in [3.63, 3.8) is 0 Å². The smallest absolute Gasteiger partial charge is 0.0763 e. The van der Waals surface area contributed by atoms with Gasteiger partial charge in [-0.3, -0.25) is 4.99 Å². The maximum Gasteiger partial charge on any atom is 0.0763 e. The Balaban J connectivity index is 4.26. The lowest BCUT2D eigenvalue weighted by atomic mass is 10.1. The molecule has 0 aromatic carbocycles. The zero-order valence-corrected chi connectivity index (χ0v) is 7.04. The Bertz CT molecular complexity index is 214. The standard InChI is InChI=1S/C10H13N/c1-5-7-11-8-10(6-2)9(3)4/h1,6-9H,2H2,3-4H3/b10-8+,11-7?. The minimum Gasteiger partial charge on any atom is -0.255 e. The molecule has 58 valence electrons. The fourth-order valence-corrected chi connectivity index (χ4v) is 0.604. The number of terminal acetylenes is 1. The van der Waals surface area contributed by atoms with E-state index in [4.69, 9.17) is 6.42 Å². The molecule has 0 spiro atoms. The summed E-state index contributed by atoms with van der Waals surface area (Å²) in [5, 5.41) is 0. The molecule has 0 saturated heterocycles. The van der Waals surface area contributed by atoms with Gasteiger partial charge in [0.2, 0.25) is 0 Å². The Kier molecular flexibility index (Phi) is 4.85. The maximum atomic E-state index is 4.98. The van der Waals surface area contributed by atoms with E-state index in [0.29, 0.717) is 5.92 Å². The fourth-order valence-electron chi connectivity index (χ4n) is 0.604. The number of allylic oxidation sites excluding steroid dienone is 2. The van der Waals surface area contributed by atoms with E-state index in [0.717, 1.165) is 5.57 Å². The minimum absolute atomic E-state index is 0.447. The van der Waals surface area contributed by atoms with E-state index in [2.05, 4.69) is 31.3 Å². The summed E-state index contributed by atoms with van der Waals surface area (Å²) in [5.41, 5.74) is 1.09. The largest absolute Gasteiger partial charge is 0.255 e. The van der Waals surface area contributed by atoms with Crippen LogP contribution in [0, 0.1) is 18.3 Å². The van der Waals surface area contributed by atoms with Gasteiger partial charge in [-0.15, -0.1) is 6.42 Å². The van der Waals surface area contributed by atoms with Crippen LogP contribution in [0.1, 0.15) is 13.8 Å². The molecule has 0 bridgehead atoms. The van der Waals surface area contributed by atoms with Gasteiger partial charge in [0, 0.05) is 6.20 Å². The van der Waals surface area contributed by atoms with Crippen molar-refractivity contribution in [2.45, 2.75) is 13.8 Å². The molecule has 1 heteroatoms. The van der Waals surface area contributed by atoms with Crippen LogP contribution in [0.2, 0.25) is 0 Å². The molecule has 11 heavy (non-hydrogen) atoms. The Morgan fingerprint density at radius 3 is 2.64 bits per heavy atom. The third kappa shape index (κ3) is 4.16. The van der Waals surface area contributed by atoms with Crippen LogP contribution in [0.25, 0.3) is 0 Å². The van der Waals surface area contributed by atoms with Crippen LogP contribution in [0.15, 0.2) is 29.4 Å². The number of hydrogen-bond acceptors (Lipinski definition) is 1. The lowest BCUT2D eigenvalue weighted by Gasteiger charge is -2.01. The van der Waals surface area contributed by atoms with Crippen molar-refractivity contribution in [3.05, 3.63) is 24.4 Å². The molecule has 0 amide bonds. The van der Waals surface area contributed by atoms with E-state index < -0.39 is 0 Å². The quantitative estimate of drug-likeness (QED) is 0.330. The van der Waals surface area contributed by atoms with Crippen molar-refractivity contribution >= 4 is 6.21 Å². The highest BCUT2D eigenvalue weighted by atomic mass is 14.7. The Hall–Kier alpha value is -1.29. The van der Waals surface area contributed by atoms with Crippen molar-refractivity contribution in [3.8, 4) is 12.3 Å². The van der Waals surface area contributed by atoms with Gasteiger partial charge in [-0.05, 0) is 11.5 Å². The summed E-state index contributed by atoms with van der Waals surface area (Å²) in [4.78, 5) is 3.89. The van der Waals surface area contributed by atoms with Gasteiger partial charge in [-0.2, -0.15) is 0 Å². The second-order valence-electron chi connectivity index (χ2n) is 2.43. The molecule has 0 rings (SSSR count). The maximum absolute atomic E-state index is 4.98. The van der Waals surface area contributed by atoms with Crippen LogP contribution in [0.4, 0.5) is 0 Å². The molecule has 0 unspecified atom stereocenters. The van der Waals surface area contributed by atoms with E-state index in [1.165, 1.54) is 6.21 Å². The second kappa shape index (κ2) is 5.49. The van der Waals surface area contributed by atoms with Crippen LogP contribution in [-0.4, -0.2) is 6.21 Å². The summed E-state index contributed by atoms with van der Waals surface area (Å²) in [6.07, 6.45) is 9.92. The van der Waals surface area contributed by atoms with E-state index in [-0.39, 0.29) is 0 Å². The molecule has 0 saturated carbocycles. The van der Waals surface area contributed by atoms with Gasteiger partial charge in [-0.25, -0.2) is 0 Å². The lowest BCUT2D eigenvalue weighted by molar-refractivity contribution is 0.789. The third-order valence-electron chi connectivity index (χ3n) is 1.28. The molecule has 0 radical (unpaired) electrons. The molecule has 0 aromatic rings. The van der Waals surface area contributed by atoms with Gasteiger partial charge in [0.05, 0.1) is 6.21 Å². The average molecular weight is 147 g/mol. The van der Waals surface area contributed by atoms with Crippen LogP contribution in [0.5, 0.6) is 0 Å². The predicted molar refractivity (Wildman–Crippen MR) is 50.4 cm³/mol.